The third-order valence-corrected chi connectivity index (χ3v) is 3.67. The number of ether oxygens (including phenoxy) is 1. The highest BCUT2D eigenvalue weighted by atomic mass is 19.4. The Morgan fingerprint density at radius 3 is 2.77 bits per heavy atom. The van der Waals surface area contributed by atoms with Gasteiger partial charge in [0.1, 0.15) is 12.0 Å². The summed E-state index contributed by atoms with van der Waals surface area (Å²) in [5.74, 6) is 0.107. The number of nitrogens with one attached hydrogen (secondary N) is 1. The largest absolute Gasteiger partial charge is 0.480 e. The molecule has 0 bridgehead atoms. The fourth-order valence-electron chi connectivity index (χ4n) is 2.60. The predicted molar refractivity (Wildman–Crippen MR) is 72.3 cm³/mol. The molecule has 1 aliphatic rings. The van der Waals surface area contributed by atoms with Gasteiger partial charge in [-0.05, 0) is 25.1 Å². The Labute approximate surface area is 125 Å². The fraction of sp³-hybridized carbons (Fsp3) is 0.400. The summed E-state index contributed by atoms with van der Waals surface area (Å²) in [5, 5.41) is 3.17. The second kappa shape index (κ2) is 6.00. The highest BCUT2D eigenvalue weighted by molar-refractivity contribution is 5.36. The molecule has 22 heavy (non-hydrogen) atoms. The van der Waals surface area contributed by atoms with Gasteiger partial charge < -0.3 is 14.5 Å². The summed E-state index contributed by atoms with van der Waals surface area (Å²) in [4.78, 5) is 4.05. The smallest absolute Gasteiger partial charge is 0.419 e. The van der Waals surface area contributed by atoms with E-state index in [4.69, 9.17) is 9.15 Å². The van der Waals surface area contributed by atoms with Crippen molar-refractivity contribution in [3.8, 4) is 5.75 Å². The lowest BCUT2D eigenvalue weighted by atomic mass is 10.0. The van der Waals surface area contributed by atoms with Crippen LogP contribution in [-0.2, 0) is 6.18 Å². The van der Waals surface area contributed by atoms with Crippen LogP contribution in [0.1, 0.15) is 24.0 Å². The zero-order valence-corrected chi connectivity index (χ0v) is 11.6. The first-order valence-electron chi connectivity index (χ1n) is 6.98. The minimum atomic E-state index is -4.47. The number of rotatable bonds is 4. The third kappa shape index (κ3) is 3.09. The van der Waals surface area contributed by atoms with E-state index in [0.717, 1.165) is 19.0 Å². The van der Waals surface area contributed by atoms with E-state index in [0.29, 0.717) is 12.4 Å². The van der Waals surface area contributed by atoms with Crippen molar-refractivity contribution in [3.05, 3.63) is 48.2 Å². The highest BCUT2D eigenvalue weighted by Gasteiger charge is 2.37. The van der Waals surface area contributed by atoms with Crippen molar-refractivity contribution in [2.45, 2.75) is 18.7 Å². The van der Waals surface area contributed by atoms with Crippen molar-refractivity contribution in [2.24, 2.45) is 5.92 Å². The highest BCUT2D eigenvalue weighted by Crippen LogP contribution is 2.39. The number of alkyl halides is 3. The average Bonchev–Trinajstić information content (AvgIpc) is 3.18. The number of hydrogen-bond acceptors (Lipinski definition) is 4. The van der Waals surface area contributed by atoms with Crippen LogP contribution in [-0.4, -0.2) is 18.1 Å². The first kappa shape index (κ1) is 14.9. The molecule has 0 radical (unpaired) electrons. The van der Waals surface area contributed by atoms with Crippen LogP contribution in [0.15, 0.2) is 41.1 Å². The van der Waals surface area contributed by atoms with E-state index in [9.17, 15) is 13.2 Å². The van der Waals surface area contributed by atoms with Crippen molar-refractivity contribution < 1.29 is 22.3 Å². The molecule has 1 N–H and O–H groups in total. The molecule has 0 amide bonds. The summed E-state index contributed by atoms with van der Waals surface area (Å²) in [6.07, 6.45) is -1.46. The number of nitrogens with zero attached hydrogens (tertiary/aromatic N) is 1. The quantitative estimate of drug-likeness (QED) is 0.939. The van der Waals surface area contributed by atoms with Gasteiger partial charge in [0.15, 0.2) is 6.10 Å². The van der Waals surface area contributed by atoms with Crippen LogP contribution in [0.3, 0.4) is 0 Å². The molecule has 2 atom stereocenters. The second-order valence-electron chi connectivity index (χ2n) is 5.16. The number of aromatic nitrogens is 1. The van der Waals surface area contributed by atoms with Gasteiger partial charge in [-0.3, -0.25) is 0 Å². The molecule has 3 rings (SSSR count). The maximum Gasteiger partial charge on any atom is 0.419 e. The molecule has 1 saturated heterocycles. The molecule has 2 aromatic rings. The summed E-state index contributed by atoms with van der Waals surface area (Å²) in [5.41, 5.74) is -0.794. The van der Waals surface area contributed by atoms with E-state index < -0.39 is 17.8 Å². The maximum absolute atomic E-state index is 13.1. The Bertz CT molecular complexity index is 608. The lowest BCUT2D eigenvalue weighted by Gasteiger charge is -2.23. The molecule has 0 saturated carbocycles. The topological polar surface area (TPSA) is 47.3 Å². The number of benzene rings is 1. The fourth-order valence-corrected chi connectivity index (χ4v) is 2.60. The van der Waals surface area contributed by atoms with Gasteiger partial charge in [-0.1, -0.05) is 12.1 Å². The van der Waals surface area contributed by atoms with Crippen LogP contribution in [0.5, 0.6) is 5.75 Å². The molecule has 1 fully saturated rings. The minimum absolute atomic E-state index is 0.0138. The Hall–Kier alpha value is -2.02. The lowest BCUT2D eigenvalue weighted by molar-refractivity contribution is -0.139. The molecule has 1 aromatic carbocycles. The van der Waals surface area contributed by atoms with Gasteiger partial charge in [-0.2, -0.15) is 13.2 Å². The van der Waals surface area contributed by atoms with Crippen LogP contribution < -0.4 is 10.1 Å². The molecule has 4 nitrogen and oxygen atoms in total. The van der Waals surface area contributed by atoms with Crippen molar-refractivity contribution in [1.82, 2.24) is 10.3 Å². The number of para-hydroxylation sites is 1. The number of halogens is 3. The van der Waals surface area contributed by atoms with Crippen LogP contribution in [0, 0.1) is 5.92 Å². The molecular weight excluding hydrogens is 297 g/mol. The van der Waals surface area contributed by atoms with Crippen LogP contribution in [0.25, 0.3) is 0 Å². The third-order valence-electron chi connectivity index (χ3n) is 3.67. The van der Waals surface area contributed by atoms with Gasteiger partial charge in [0.25, 0.3) is 0 Å². The van der Waals surface area contributed by atoms with Crippen LogP contribution in [0.4, 0.5) is 13.2 Å². The molecule has 0 unspecified atom stereocenters. The van der Waals surface area contributed by atoms with E-state index in [2.05, 4.69) is 10.3 Å². The molecule has 118 valence electrons. The Morgan fingerprint density at radius 2 is 2.14 bits per heavy atom. The predicted octanol–water partition coefficient (Wildman–Crippen LogP) is 3.42. The molecule has 1 aliphatic heterocycles. The van der Waals surface area contributed by atoms with Gasteiger partial charge in [0, 0.05) is 12.5 Å². The summed E-state index contributed by atoms with van der Waals surface area (Å²) < 4.78 is 50.2. The minimum Gasteiger partial charge on any atom is -0.480 e. The molecule has 0 aliphatic carbocycles. The van der Waals surface area contributed by atoms with Gasteiger partial charge >= 0.3 is 6.18 Å². The zero-order chi connectivity index (χ0) is 15.6. The number of hydrogen-bond donors (Lipinski definition) is 1. The Balaban J connectivity index is 1.91. The summed E-state index contributed by atoms with van der Waals surface area (Å²) in [6, 6.07) is 5.19. The summed E-state index contributed by atoms with van der Waals surface area (Å²) in [7, 11) is 0. The van der Waals surface area contributed by atoms with Crippen LogP contribution >= 0.6 is 0 Å². The molecule has 0 spiro atoms. The van der Waals surface area contributed by atoms with Crippen LogP contribution in [0.2, 0.25) is 0 Å². The lowest BCUT2D eigenvalue weighted by Crippen LogP contribution is -2.23. The summed E-state index contributed by atoms with van der Waals surface area (Å²) in [6.45, 7) is 1.45. The first-order chi connectivity index (χ1) is 10.6. The SMILES string of the molecule is FC(F)(F)c1ccccc1O[C@@H](c1ncco1)[C@H]1CCNC1. The van der Waals surface area contributed by atoms with E-state index in [1.807, 2.05) is 0 Å². The van der Waals surface area contributed by atoms with Gasteiger partial charge in [-0.25, -0.2) is 4.98 Å². The monoisotopic (exact) mass is 312 g/mol. The van der Waals surface area contributed by atoms with Gasteiger partial charge in [0.2, 0.25) is 5.89 Å². The Morgan fingerprint density at radius 1 is 1.32 bits per heavy atom. The van der Waals surface area contributed by atoms with Gasteiger partial charge in [0.05, 0.1) is 11.8 Å². The van der Waals surface area contributed by atoms with E-state index in [1.165, 1.54) is 30.7 Å². The van der Waals surface area contributed by atoms with E-state index >= 15 is 0 Å². The second-order valence-corrected chi connectivity index (χ2v) is 5.16. The number of oxazole rings is 1. The van der Waals surface area contributed by atoms with Crippen molar-refractivity contribution in [1.29, 1.82) is 0 Å². The Kier molecular flexibility index (Phi) is 4.06. The van der Waals surface area contributed by atoms with Gasteiger partial charge in [-0.15, -0.1) is 0 Å². The molecule has 2 heterocycles. The molecule has 1 aromatic heterocycles. The van der Waals surface area contributed by atoms with Crippen molar-refractivity contribution in [3.63, 3.8) is 0 Å². The normalized spacial score (nSPS) is 20.0. The summed E-state index contributed by atoms with van der Waals surface area (Å²) >= 11 is 0. The molecule has 7 heteroatoms. The maximum atomic E-state index is 13.1. The molecular formula is C15H15F3N2O2. The van der Waals surface area contributed by atoms with E-state index in [-0.39, 0.29) is 11.7 Å². The zero-order valence-electron chi connectivity index (χ0n) is 11.6. The van der Waals surface area contributed by atoms with E-state index in [1.54, 1.807) is 0 Å². The first-order valence-corrected chi connectivity index (χ1v) is 6.98. The van der Waals surface area contributed by atoms with Crippen molar-refractivity contribution in [2.75, 3.05) is 13.1 Å². The van der Waals surface area contributed by atoms with Crippen molar-refractivity contribution >= 4 is 0 Å². The standard InChI is InChI=1S/C15H15F3N2O2/c16-15(17,18)11-3-1-2-4-12(11)22-13(10-5-6-19-9-10)14-20-7-8-21-14/h1-4,7-8,10,13,19H,5-6,9H2/t10-,13+/m0/s1. The average molecular weight is 312 g/mol.